The van der Waals surface area contributed by atoms with Gasteiger partial charge in [0.05, 0.1) is 5.75 Å². The molecule has 1 saturated heterocycles. The molecule has 27 heavy (non-hydrogen) atoms. The van der Waals surface area contributed by atoms with Crippen LogP contribution in [0.4, 0.5) is 4.39 Å². The van der Waals surface area contributed by atoms with Crippen LogP contribution in [0.25, 0.3) is 0 Å². The molecule has 0 unspecified atom stereocenters. The van der Waals surface area contributed by atoms with Gasteiger partial charge in [0.1, 0.15) is 10.7 Å². The van der Waals surface area contributed by atoms with E-state index >= 15 is 0 Å². The number of halogens is 2. The first-order chi connectivity index (χ1) is 12.7. The van der Waals surface area contributed by atoms with Crippen LogP contribution < -0.4 is 0 Å². The van der Waals surface area contributed by atoms with Crippen LogP contribution in [0.15, 0.2) is 53.4 Å². The molecule has 1 fully saturated rings. The van der Waals surface area contributed by atoms with E-state index in [-0.39, 0.29) is 37.0 Å². The van der Waals surface area contributed by atoms with Gasteiger partial charge >= 0.3 is 0 Å². The molecule has 0 bridgehead atoms. The van der Waals surface area contributed by atoms with Crippen molar-refractivity contribution in [1.29, 1.82) is 0 Å². The van der Waals surface area contributed by atoms with Gasteiger partial charge < -0.3 is 0 Å². The Kier molecular flexibility index (Phi) is 5.87. The molecule has 0 atom stereocenters. The van der Waals surface area contributed by atoms with Crippen LogP contribution in [-0.4, -0.2) is 51.6 Å². The highest BCUT2D eigenvalue weighted by Crippen LogP contribution is 2.24. The third-order valence-electron chi connectivity index (χ3n) is 4.29. The van der Waals surface area contributed by atoms with Gasteiger partial charge in [0.25, 0.3) is 0 Å². The lowest BCUT2D eigenvalue weighted by Gasteiger charge is -2.33. The number of nitrogens with zero attached hydrogens (tertiary/aromatic N) is 2. The van der Waals surface area contributed by atoms with Crippen molar-refractivity contribution in [3.8, 4) is 0 Å². The zero-order chi connectivity index (χ0) is 19.7. The quantitative estimate of drug-likeness (QED) is 0.726. The highest BCUT2D eigenvalue weighted by molar-refractivity contribution is 7.89. The Morgan fingerprint density at radius 3 is 2.07 bits per heavy atom. The van der Waals surface area contributed by atoms with Gasteiger partial charge in [-0.3, -0.25) is 0 Å². The van der Waals surface area contributed by atoms with Crippen molar-refractivity contribution >= 4 is 31.6 Å². The number of hydrogen-bond acceptors (Lipinski definition) is 4. The van der Waals surface area contributed by atoms with Crippen LogP contribution >= 0.6 is 11.6 Å². The Bertz CT molecular complexity index is 1020. The summed E-state index contributed by atoms with van der Waals surface area (Å²) in [6.45, 7) is -0.0515. The Labute approximate surface area is 163 Å². The summed E-state index contributed by atoms with van der Waals surface area (Å²) in [6.07, 6.45) is 0. The molecular weight excluding hydrogens is 415 g/mol. The van der Waals surface area contributed by atoms with E-state index < -0.39 is 30.8 Å². The van der Waals surface area contributed by atoms with Crippen LogP contribution in [0.5, 0.6) is 0 Å². The Morgan fingerprint density at radius 2 is 1.48 bits per heavy atom. The zero-order valence-electron chi connectivity index (χ0n) is 14.3. The second-order valence-corrected chi connectivity index (χ2v) is 10.4. The molecule has 6 nitrogen and oxygen atoms in total. The molecular formula is C17H18ClFN2O4S2. The van der Waals surface area contributed by atoms with Crippen LogP contribution in [0.1, 0.15) is 5.56 Å². The molecule has 10 heteroatoms. The number of piperazine rings is 1. The molecule has 1 heterocycles. The lowest BCUT2D eigenvalue weighted by Crippen LogP contribution is -2.50. The molecule has 0 aliphatic carbocycles. The third-order valence-corrected chi connectivity index (χ3v) is 8.31. The predicted molar refractivity (Wildman–Crippen MR) is 101 cm³/mol. The fourth-order valence-corrected chi connectivity index (χ4v) is 6.03. The van der Waals surface area contributed by atoms with E-state index in [0.29, 0.717) is 5.56 Å². The van der Waals surface area contributed by atoms with Gasteiger partial charge in [-0.1, -0.05) is 41.9 Å². The largest absolute Gasteiger partial charge is 0.246 e. The second-order valence-electron chi connectivity index (χ2n) is 6.12. The topological polar surface area (TPSA) is 74.8 Å². The van der Waals surface area contributed by atoms with E-state index in [1.807, 2.05) is 0 Å². The summed E-state index contributed by atoms with van der Waals surface area (Å²) >= 11 is 5.67. The minimum atomic E-state index is -4.06. The fraction of sp³-hybridized carbons (Fsp3) is 0.294. The Balaban J connectivity index is 1.71. The predicted octanol–water partition coefficient (Wildman–Crippen LogP) is 2.32. The molecule has 1 aliphatic heterocycles. The van der Waals surface area contributed by atoms with Gasteiger partial charge in [-0.05, 0) is 23.8 Å². The van der Waals surface area contributed by atoms with E-state index in [0.717, 1.165) is 16.4 Å². The lowest BCUT2D eigenvalue weighted by atomic mass is 10.2. The average Bonchev–Trinajstić information content (AvgIpc) is 2.62. The van der Waals surface area contributed by atoms with Crippen molar-refractivity contribution < 1.29 is 21.2 Å². The van der Waals surface area contributed by atoms with Crippen molar-refractivity contribution in [1.82, 2.24) is 8.61 Å². The summed E-state index contributed by atoms with van der Waals surface area (Å²) in [5, 5.41) is 0.100. The van der Waals surface area contributed by atoms with Gasteiger partial charge in [-0.15, -0.1) is 0 Å². The van der Waals surface area contributed by atoms with Gasteiger partial charge in [-0.25, -0.2) is 21.2 Å². The third kappa shape index (κ3) is 4.49. The van der Waals surface area contributed by atoms with E-state index in [4.69, 9.17) is 11.6 Å². The molecule has 1 aliphatic rings. The average molecular weight is 433 g/mol. The molecule has 0 saturated carbocycles. The maximum absolute atomic E-state index is 14.0. The lowest BCUT2D eigenvalue weighted by molar-refractivity contribution is 0.272. The molecule has 3 rings (SSSR count). The molecule has 0 spiro atoms. The summed E-state index contributed by atoms with van der Waals surface area (Å²) < 4.78 is 66.8. The highest BCUT2D eigenvalue weighted by Gasteiger charge is 2.34. The summed E-state index contributed by atoms with van der Waals surface area (Å²) in [7, 11) is -7.62. The molecule has 0 amide bonds. The van der Waals surface area contributed by atoms with E-state index in [2.05, 4.69) is 0 Å². The summed E-state index contributed by atoms with van der Waals surface area (Å²) in [5.74, 6) is -1.08. The smallest absolute Gasteiger partial charge is 0.212 e. The van der Waals surface area contributed by atoms with Crippen molar-refractivity contribution in [2.45, 2.75) is 10.6 Å². The number of rotatable bonds is 5. The first-order valence-corrected chi connectivity index (χ1v) is 11.6. The highest BCUT2D eigenvalue weighted by atomic mass is 35.5. The van der Waals surface area contributed by atoms with Gasteiger partial charge in [0.2, 0.25) is 20.0 Å². The monoisotopic (exact) mass is 432 g/mol. The molecule has 146 valence electrons. The molecule has 2 aromatic carbocycles. The van der Waals surface area contributed by atoms with E-state index in [9.17, 15) is 21.2 Å². The van der Waals surface area contributed by atoms with Crippen LogP contribution in [-0.2, 0) is 25.8 Å². The fourth-order valence-electron chi connectivity index (χ4n) is 2.89. The number of hydrogen-bond donors (Lipinski definition) is 0. The summed E-state index contributed by atoms with van der Waals surface area (Å²) in [5.41, 5.74) is 0.663. The summed E-state index contributed by atoms with van der Waals surface area (Å²) in [4.78, 5) is -0.465. The minimum Gasteiger partial charge on any atom is -0.212 e. The normalized spacial score (nSPS) is 17.1. The van der Waals surface area contributed by atoms with Gasteiger partial charge in [0.15, 0.2) is 0 Å². The maximum atomic E-state index is 14.0. The van der Waals surface area contributed by atoms with Crippen LogP contribution in [0, 0.1) is 5.82 Å². The second kappa shape index (κ2) is 7.84. The first-order valence-electron chi connectivity index (χ1n) is 8.17. The first kappa shape index (κ1) is 20.2. The van der Waals surface area contributed by atoms with Crippen molar-refractivity contribution in [3.63, 3.8) is 0 Å². The molecule has 2 aromatic rings. The standard InChI is InChI=1S/C17H18ClFN2O4S2/c18-15-6-7-17(16(19)12-15)27(24,25)21-10-8-20(9-11-21)26(22,23)13-14-4-2-1-3-5-14/h1-7,12H,8-11,13H2. The zero-order valence-corrected chi connectivity index (χ0v) is 16.6. The Hall–Kier alpha value is -1.52. The molecule has 0 N–H and O–H groups in total. The van der Waals surface area contributed by atoms with Gasteiger partial charge in [0, 0.05) is 31.2 Å². The van der Waals surface area contributed by atoms with E-state index in [1.54, 1.807) is 30.3 Å². The van der Waals surface area contributed by atoms with Crippen LogP contribution in [0.3, 0.4) is 0 Å². The van der Waals surface area contributed by atoms with Crippen molar-refractivity contribution in [3.05, 3.63) is 64.9 Å². The molecule has 0 radical (unpaired) electrons. The number of benzene rings is 2. The minimum absolute atomic E-state index is 0.0175. The molecule has 0 aromatic heterocycles. The number of sulfonamides is 2. The van der Waals surface area contributed by atoms with Crippen LogP contribution in [0.2, 0.25) is 5.02 Å². The summed E-state index contributed by atoms with van der Waals surface area (Å²) in [6, 6.07) is 12.1. The maximum Gasteiger partial charge on any atom is 0.246 e. The van der Waals surface area contributed by atoms with Crippen molar-refractivity contribution in [2.75, 3.05) is 26.2 Å². The van der Waals surface area contributed by atoms with E-state index in [1.165, 1.54) is 10.4 Å². The Morgan fingerprint density at radius 1 is 0.889 bits per heavy atom. The SMILES string of the molecule is O=S(=O)(Cc1ccccc1)N1CCN(S(=O)(=O)c2ccc(Cl)cc2F)CC1. The van der Waals surface area contributed by atoms with Crippen molar-refractivity contribution in [2.24, 2.45) is 0 Å². The van der Waals surface area contributed by atoms with Gasteiger partial charge in [-0.2, -0.15) is 8.61 Å².